The molecule has 1 aliphatic carbocycles. The van der Waals surface area contributed by atoms with Crippen molar-refractivity contribution in [1.29, 1.82) is 5.26 Å². The first-order chi connectivity index (χ1) is 13.7. The fourth-order valence-electron chi connectivity index (χ4n) is 2.92. The number of aromatic nitrogens is 4. The normalized spacial score (nSPS) is 12.7. The summed E-state index contributed by atoms with van der Waals surface area (Å²) >= 11 is 0. The molecule has 1 aromatic carbocycles. The fourth-order valence-corrected chi connectivity index (χ4v) is 2.92. The lowest BCUT2D eigenvalue weighted by molar-refractivity contribution is 0.415. The van der Waals surface area contributed by atoms with Crippen molar-refractivity contribution in [3.05, 3.63) is 47.9 Å². The molecule has 0 aliphatic heterocycles. The van der Waals surface area contributed by atoms with Gasteiger partial charge in [-0.3, -0.25) is 5.10 Å². The smallest absolute Gasteiger partial charge is 0.158 e. The Hall–Kier alpha value is -3.15. The molecule has 1 saturated carbocycles. The summed E-state index contributed by atoms with van der Waals surface area (Å²) in [7, 11) is 1.67. The number of hydrogen-bond acceptors (Lipinski definition) is 7. The van der Waals surface area contributed by atoms with E-state index in [2.05, 4.69) is 42.9 Å². The van der Waals surface area contributed by atoms with Crippen molar-refractivity contribution in [3.63, 3.8) is 0 Å². The molecule has 2 aromatic heterocycles. The second-order valence-corrected chi connectivity index (χ2v) is 6.80. The Morgan fingerprint density at radius 2 is 2.07 bits per heavy atom. The number of nitriles is 1. The number of ether oxygens (including phenoxy) is 1. The molecular weight excluding hydrogens is 390 g/mol. The Kier molecular flexibility index (Phi) is 6.65. The van der Waals surface area contributed by atoms with Crippen LogP contribution in [-0.2, 0) is 6.54 Å². The third-order valence-electron chi connectivity index (χ3n) is 4.62. The van der Waals surface area contributed by atoms with Crippen LogP contribution >= 0.6 is 12.4 Å². The van der Waals surface area contributed by atoms with Gasteiger partial charge in [-0.05, 0) is 43.0 Å². The van der Waals surface area contributed by atoms with Crippen molar-refractivity contribution in [2.75, 3.05) is 19.0 Å². The van der Waals surface area contributed by atoms with Gasteiger partial charge in [0.05, 0.1) is 25.2 Å². The predicted molar refractivity (Wildman–Crippen MR) is 112 cm³/mol. The predicted octanol–water partition coefficient (Wildman–Crippen LogP) is 3.41. The van der Waals surface area contributed by atoms with E-state index in [4.69, 9.17) is 10.00 Å². The van der Waals surface area contributed by atoms with Crippen molar-refractivity contribution >= 4 is 24.0 Å². The quantitative estimate of drug-likeness (QED) is 0.520. The maximum absolute atomic E-state index is 8.79. The second-order valence-electron chi connectivity index (χ2n) is 6.80. The van der Waals surface area contributed by atoms with E-state index in [1.165, 1.54) is 30.8 Å². The molecule has 0 amide bonds. The average Bonchev–Trinajstić information content (AvgIpc) is 3.45. The molecule has 0 atom stereocenters. The van der Waals surface area contributed by atoms with E-state index >= 15 is 0 Å². The van der Waals surface area contributed by atoms with Gasteiger partial charge in [-0.15, -0.1) is 12.4 Å². The van der Waals surface area contributed by atoms with E-state index in [1.807, 2.05) is 18.2 Å². The fraction of sp³-hybridized carbons (Fsp3) is 0.300. The average molecular weight is 412 g/mol. The minimum atomic E-state index is 0. The van der Waals surface area contributed by atoms with Crippen LogP contribution in [0.4, 0.5) is 11.6 Å². The van der Waals surface area contributed by atoms with Gasteiger partial charge < -0.3 is 15.4 Å². The summed E-state index contributed by atoms with van der Waals surface area (Å²) < 4.78 is 5.58. The maximum atomic E-state index is 8.79. The standard InChI is InChI=1S/C20H21N7O.ClH/c1-28-18-6-14(10-22-9-13-2-3-13)4-5-16(18)17-7-19(27-26-17)25-20-12-23-15(8-21)11-24-20;/h4-7,11-13,22H,2-3,9-10H2,1H3,(H2,24,25,26,27);1H. The molecule has 8 nitrogen and oxygen atoms in total. The summed E-state index contributed by atoms with van der Waals surface area (Å²) in [5.41, 5.74) is 3.22. The Morgan fingerprint density at radius 1 is 1.21 bits per heavy atom. The third-order valence-corrected chi connectivity index (χ3v) is 4.62. The van der Waals surface area contributed by atoms with Crippen LogP contribution in [0.2, 0.25) is 0 Å². The van der Waals surface area contributed by atoms with Crippen LogP contribution in [0.1, 0.15) is 24.1 Å². The molecule has 0 spiro atoms. The molecule has 0 unspecified atom stereocenters. The third kappa shape index (κ3) is 5.22. The highest BCUT2D eigenvalue weighted by Gasteiger charge is 2.20. The first kappa shape index (κ1) is 20.6. The number of aromatic amines is 1. The number of nitrogens with one attached hydrogen (secondary N) is 3. The molecule has 2 heterocycles. The van der Waals surface area contributed by atoms with Crippen molar-refractivity contribution in [2.24, 2.45) is 5.92 Å². The largest absolute Gasteiger partial charge is 0.496 e. The van der Waals surface area contributed by atoms with Gasteiger partial charge in [-0.25, -0.2) is 9.97 Å². The molecule has 150 valence electrons. The molecule has 3 N–H and O–H groups in total. The number of anilines is 2. The maximum Gasteiger partial charge on any atom is 0.158 e. The van der Waals surface area contributed by atoms with Gasteiger partial charge in [0.2, 0.25) is 0 Å². The van der Waals surface area contributed by atoms with Gasteiger partial charge >= 0.3 is 0 Å². The number of nitrogens with zero attached hydrogens (tertiary/aromatic N) is 4. The van der Waals surface area contributed by atoms with E-state index in [-0.39, 0.29) is 18.1 Å². The number of methoxy groups -OCH3 is 1. The van der Waals surface area contributed by atoms with Crippen molar-refractivity contribution in [3.8, 4) is 23.1 Å². The highest BCUT2D eigenvalue weighted by Crippen LogP contribution is 2.31. The summed E-state index contributed by atoms with van der Waals surface area (Å²) in [6, 6.07) is 10.00. The van der Waals surface area contributed by atoms with Crippen LogP contribution in [0.15, 0.2) is 36.7 Å². The van der Waals surface area contributed by atoms with Gasteiger partial charge in [0, 0.05) is 18.2 Å². The van der Waals surface area contributed by atoms with Gasteiger partial charge in [0.1, 0.15) is 17.6 Å². The van der Waals surface area contributed by atoms with E-state index in [1.54, 1.807) is 7.11 Å². The minimum absolute atomic E-state index is 0. The number of hydrogen-bond donors (Lipinski definition) is 3. The van der Waals surface area contributed by atoms with Crippen LogP contribution in [0.25, 0.3) is 11.3 Å². The lowest BCUT2D eigenvalue weighted by Crippen LogP contribution is -2.16. The van der Waals surface area contributed by atoms with Crippen LogP contribution in [-0.4, -0.2) is 33.8 Å². The van der Waals surface area contributed by atoms with Gasteiger partial charge in [0.25, 0.3) is 0 Å². The number of benzene rings is 1. The van der Waals surface area contributed by atoms with Crippen LogP contribution in [0.5, 0.6) is 5.75 Å². The minimum Gasteiger partial charge on any atom is -0.496 e. The summed E-state index contributed by atoms with van der Waals surface area (Å²) in [6.07, 6.45) is 5.60. The molecule has 1 fully saturated rings. The molecule has 0 saturated heterocycles. The van der Waals surface area contributed by atoms with E-state index in [0.29, 0.717) is 11.6 Å². The second kappa shape index (κ2) is 9.37. The molecule has 0 radical (unpaired) electrons. The zero-order valence-corrected chi connectivity index (χ0v) is 16.8. The first-order valence-electron chi connectivity index (χ1n) is 9.17. The Labute approximate surface area is 175 Å². The summed E-state index contributed by atoms with van der Waals surface area (Å²) in [4.78, 5) is 8.12. The molecule has 0 bridgehead atoms. The molecule has 4 rings (SSSR count). The van der Waals surface area contributed by atoms with Gasteiger partial charge in [-0.2, -0.15) is 10.4 Å². The highest BCUT2D eigenvalue weighted by molar-refractivity contribution is 5.85. The van der Waals surface area contributed by atoms with E-state index in [9.17, 15) is 0 Å². The lowest BCUT2D eigenvalue weighted by atomic mass is 10.1. The summed E-state index contributed by atoms with van der Waals surface area (Å²) in [6.45, 7) is 1.91. The SMILES string of the molecule is COc1cc(CNCC2CC2)ccc1-c1cc(Nc2cnc(C#N)cn2)n[nH]1.Cl. The zero-order chi connectivity index (χ0) is 19.3. The van der Waals surface area contributed by atoms with Crippen LogP contribution in [0.3, 0.4) is 0 Å². The summed E-state index contributed by atoms with van der Waals surface area (Å²) in [5.74, 6) is 2.77. The first-order valence-corrected chi connectivity index (χ1v) is 9.17. The topological polar surface area (TPSA) is 112 Å². The molecule has 1 aliphatic rings. The molecule has 3 aromatic rings. The molecule has 9 heteroatoms. The van der Waals surface area contributed by atoms with Crippen molar-refractivity contribution in [2.45, 2.75) is 19.4 Å². The van der Waals surface area contributed by atoms with E-state index in [0.717, 1.165) is 36.0 Å². The Morgan fingerprint density at radius 3 is 2.76 bits per heavy atom. The van der Waals surface area contributed by atoms with Gasteiger partial charge in [0.15, 0.2) is 11.5 Å². The van der Waals surface area contributed by atoms with Crippen molar-refractivity contribution < 1.29 is 4.74 Å². The highest BCUT2D eigenvalue weighted by atomic mass is 35.5. The zero-order valence-electron chi connectivity index (χ0n) is 16.0. The number of halogens is 1. The van der Waals surface area contributed by atoms with Crippen molar-refractivity contribution in [1.82, 2.24) is 25.5 Å². The Balaban J connectivity index is 0.00000240. The van der Waals surface area contributed by atoms with Crippen LogP contribution < -0.4 is 15.4 Å². The van der Waals surface area contributed by atoms with E-state index < -0.39 is 0 Å². The Bertz CT molecular complexity index is 993. The number of H-pyrrole nitrogens is 1. The van der Waals surface area contributed by atoms with Crippen LogP contribution in [0, 0.1) is 17.2 Å². The lowest BCUT2D eigenvalue weighted by Gasteiger charge is -2.10. The van der Waals surface area contributed by atoms with Gasteiger partial charge in [-0.1, -0.05) is 6.07 Å². The molecule has 29 heavy (non-hydrogen) atoms. The number of rotatable bonds is 8. The summed E-state index contributed by atoms with van der Waals surface area (Å²) in [5, 5.41) is 22.6. The molecular formula is C20H22ClN7O. The monoisotopic (exact) mass is 411 g/mol.